The lowest BCUT2D eigenvalue weighted by Gasteiger charge is -2.30. The van der Waals surface area contributed by atoms with E-state index >= 15 is 0 Å². The molecular weight excluding hydrogens is 278 g/mol. The molecule has 3 rings (SSSR count). The van der Waals surface area contributed by atoms with Crippen LogP contribution in [0.25, 0.3) is 11.3 Å². The zero-order valence-corrected chi connectivity index (χ0v) is 13.0. The van der Waals surface area contributed by atoms with E-state index in [1.54, 1.807) is 7.11 Å². The van der Waals surface area contributed by atoms with E-state index in [4.69, 9.17) is 4.74 Å². The third-order valence-corrected chi connectivity index (χ3v) is 4.20. The Bertz CT molecular complexity index is 686. The standard InChI is InChI=1S/C17H21N3O2/c1-12-7-9-20(10-8-12)17-18-15(11-16(21)19-17)13-3-5-14(22-2)6-4-13/h3-6,11-12H,7-10H2,1-2H3,(H,18,19,21). The maximum atomic E-state index is 12.0. The Morgan fingerprint density at radius 2 is 1.91 bits per heavy atom. The molecule has 0 saturated carbocycles. The molecule has 1 aromatic heterocycles. The van der Waals surface area contributed by atoms with Crippen LogP contribution in [0.1, 0.15) is 19.8 Å². The van der Waals surface area contributed by atoms with Crippen LogP contribution in [-0.4, -0.2) is 30.2 Å². The molecule has 5 nitrogen and oxygen atoms in total. The molecule has 0 radical (unpaired) electrons. The number of ether oxygens (including phenoxy) is 1. The second-order valence-electron chi connectivity index (χ2n) is 5.85. The molecule has 1 saturated heterocycles. The Morgan fingerprint density at radius 1 is 1.23 bits per heavy atom. The number of rotatable bonds is 3. The summed E-state index contributed by atoms with van der Waals surface area (Å²) in [5.41, 5.74) is 1.49. The maximum Gasteiger partial charge on any atom is 0.252 e. The van der Waals surface area contributed by atoms with Crippen LogP contribution in [0, 0.1) is 5.92 Å². The second kappa shape index (κ2) is 6.22. The topological polar surface area (TPSA) is 58.2 Å². The highest BCUT2D eigenvalue weighted by Crippen LogP contribution is 2.23. The van der Waals surface area contributed by atoms with Gasteiger partial charge in [-0.25, -0.2) is 4.98 Å². The van der Waals surface area contributed by atoms with Crippen LogP contribution in [0.3, 0.4) is 0 Å². The Balaban J connectivity index is 1.90. The third kappa shape index (κ3) is 3.13. The second-order valence-corrected chi connectivity index (χ2v) is 5.85. The predicted molar refractivity (Wildman–Crippen MR) is 87.5 cm³/mol. The molecule has 1 aliphatic heterocycles. The summed E-state index contributed by atoms with van der Waals surface area (Å²) in [7, 11) is 1.63. The van der Waals surface area contributed by atoms with E-state index in [1.165, 1.54) is 6.07 Å². The predicted octanol–water partition coefficient (Wildman–Crippen LogP) is 2.68. The van der Waals surface area contributed by atoms with Crippen molar-refractivity contribution in [3.63, 3.8) is 0 Å². The fraction of sp³-hybridized carbons (Fsp3) is 0.412. The van der Waals surface area contributed by atoms with Crippen LogP contribution >= 0.6 is 0 Å². The molecule has 1 aliphatic rings. The fourth-order valence-corrected chi connectivity index (χ4v) is 2.72. The van der Waals surface area contributed by atoms with Crippen molar-refractivity contribution in [3.8, 4) is 17.0 Å². The highest BCUT2D eigenvalue weighted by Gasteiger charge is 2.18. The van der Waals surface area contributed by atoms with E-state index in [2.05, 4.69) is 21.8 Å². The number of H-pyrrole nitrogens is 1. The van der Waals surface area contributed by atoms with Crippen molar-refractivity contribution in [1.29, 1.82) is 0 Å². The van der Waals surface area contributed by atoms with Gasteiger partial charge in [-0.2, -0.15) is 0 Å². The fourth-order valence-electron chi connectivity index (χ4n) is 2.72. The van der Waals surface area contributed by atoms with Crippen molar-refractivity contribution < 1.29 is 4.74 Å². The first-order valence-corrected chi connectivity index (χ1v) is 7.66. The number of aromatic amines is 1. The summed E-state index contributed by atoms with van der Waals surface area (Å²) >= 11 is 0. The molecule has 0 atom stereocenters. The summed E-state index contributed by atoms with van der Waals surface area (Å²) in [6.07, 6.45) is 2.27. The van der Waals surface area contributed by atoms with Crippen molar-refractivity contribution >= 4 is 5.95 Å². The molecule has 5 heteroatoms. The van der Waals surface area contributed by atoms with Crippen molar-refractivity contribution in [2.24, 2.45) is 5.92 Å². The minimum atomic E-state index is -0.116. The molecular formula is C17H21N3O2. The number of aromatic nitrogens is 2. The van der Waals surface area contributed by atoms with E-state index < -0.39 is 0 Å². The molecule has 1 fully saturated rings. The lowest BCUT2D eigenvalue weighted by molar-refractivity contribution is 0.415. The van der Waals surface area contributed by atoms with Gasteiger partial charge in [-0.3, -0.25) is 9.78 Å². The van der Waals surface area contributed by atoms with E-state index in [0.29, 0.717) is 11.6 Å². The minimum absolute atomic E-state index is 0.116. The first kappa shape index (κ1) is 14.6. The first-order chi connectivity index (χ1) is 10.7. The molecule has 0 unspecified atom stereocenters. The van der Waals surface area contributed by atoms with Gasteiger partial charge in [0.25, 0.3) is 5.56 Å². The Morgan fingerprint density at radius 3 is 2.55 bits per heavy atom. The lowest BCUT2D eigenvalue weighted by Crippen LogP contribution is -2.35. The maximum absolute atomic E-state index is 12.0. The largest absolute Gasteiger partial charge is 0.497 e. The van der Waals surface area contributed by atoms with Gasteiger partial charge in [0.2, 0.25) is 5.95 Å². The molecule has 22 heavy (non-hydrogen) atoms. The van der Waals surface area contributed by atoms with E-state index in [1.807, 2.05) is 24.3 Å². The zero-order chi connectivity index (χ0) is 15.5. The van der Waals surface area contributed by atoms with Crippen LogP contribution in [0.5, 0.6) is 5.75 Å². The summed E-state index contributed by atoms with van der Waals surface area (Å²) in [5.74, 6) is 2.21. The van der Waals surface area contributed by atoms with Gasteiger partial charge in [-0.15, -0.1) is 0 Å². The quantitative estimate of drug-likeness (QED) is 0.946. The molecule has 2 heterocycles. The molecule has 0 spiro atoms. The number of hydrogen-bond acceptors (Lipinski definition) is 4. The summed E-state index contributed by atoms with van der Waals surface area (Å²) in [6, 6.07) is 9.13. The lowest BCUT2D eigenvalue weighted by atomic mass is 10.00. The third-order valence-electron chi connectivity index (χ3n) is 4.20. The summed E-state index contributed by atoms with van der Waals surface area (Å²) in [6.45, 7) is 4.15. The van der Waals surface area contributed by atoms with Gasteiger partial charge in [-0.1, -0.05) is 6.92 Å². The zero-order valence-electron chi connectivity index (χ0n) is 13.0. The molecule has 0 amide bonds. The Labute approximate surface area is 130 Å². The molecule has 0 bridgehead atoms. The number of benzene rings is 1. The number of nitrogens with one attached hydrogen (secondary N) is 1. The molecule has 1 aromatic carbocycles. The molecule has 2 aromatic rings. The SMILES string of the molecule is COc1ccc(-c2cc(=O)[nH]c(N3CCC(C)CC3)n2)cc1. The first-order valence-electron chi connectivity index (χ1n) is 7.66. The number of nitrogens with zero attached hydrogens (tertiary/aromatic N) is 2. The van der Waals surface area contributed by atoms with Crippen LogP contribution in [0.15, 0.2) is 35.1 Å². The van der Waals surface area contributed by atoms with E-state index in [9.17, 15) is 4.79 Å². The summed E-state index contributed by atoms with van der Waals surface area (Å²) in [5, 5.41) is 0. The summed E-state index contributed by atoms with van der Waals surface area (Å²) < 4.78 is 5.16. The normalized spacial score (nSPS) is 15.8. The van der Waals surface area contributed by atoms with Crippen LogP contribution in [0.4, 0.5) is 5.95 Å². The number of hydrogen-bond donors (Lipinski definition) is 1. The summed E-state index contributed by atoms with van der Waals surface area (Å²) in [4.78, 5) is 21.6. The molecule has 0 aliphatic carbocycles. The molecule has 116 valence electrons. The van der Waals surface area contributed by atoms with Crippen molar-refractivity contribution in [3.05, 3.63) is 40.7 Å². The smallest absolute Gasteiger partial charge is 0.252 e. The Kier molecular flexibility index (Phi) is 4.13. The molecule has 1 N–H and O–H groups in total. The van der Waals surface area contributed by atoms with E-state index in [-0.39, 0.29) is 5.56 Å². The monoisotopic (exact) mass is 299 g/mol. The van der Waals surface area contributed by atoms with Crippen molar-refractivity contribution in [1.82, 2.24) is 9.97 Å². The van der Waals surface area contributed by atoms with Gasteiger partial charge < -0.3 is 9.64 Å². The van der Waals surface area contributed by atoms with Crippen LogP contribution in [0.2, 0.25) is 0 Å². The van der Waals surface area contributed by atoms with Crippen molar-refractivity contribution in [2.45, 2.75) is 19.8 Å². The number of methoxy groups -OCH3 is 1. The van der Waals surface area contributed by atoms with Crippen molar-refractivity contribution in [2.75, 3.05) is 25.1 Å². The number of piperidine rings is 1. The average molecular weight is 299 g/mol. The van der Waals surface area contributed by atoms with Gasteiger partial charge in [0, 0.05) is 24.7 Å². The Hall–Kier alpha value is -2.30. The number of anilines is 1. The van der Waals surface area contributed by atoms with Gasteiger partial charge in [0.15, 0.2) is 0 Å². The van der Waals surface area contributed by atoms with Gasteiger partial charge >= 0.3 is 0 Å². The minimum Gasteiger partial charge on any atom is -0.497 e. The van der Waals surface area contributed by atoms with E-state index in [0.717, 1.165) is 43.2 Å². The van der Waals surface area contributed by atoms with Crippen LogP contribution in [-0.2, 0) is 0 Å². The highest BCUT2D eigenvalue weighted by molar-refractivity contribution is 5.61. The van der Waals surface area contributed by atoms with Crippen LogP contribution < -0.4 is 15.2 Å². The van der Waals surface area contributed by atoms with Gasteiger partial charge in [0.05, 0.1) is 12.8 Å². The van der Waals surface area contributed by atoms with Gasteiger partial charge in [-0.05, 0) is 43.0 Å². The highest BCUT2D eigenvalue weighted by atomic mass is 16.5. The average Bonchev–Trinajstić information content (AvgIpc) is 2.55. The van der Waals surface area contributed by atoms with Gasteiger partial charge in [0.1, 0.15) is 5.75 Å².